The van der Waals surface area contributed by atoms with Crippen LogP contribution in [0.4, 0.5) is 5.69 Å². The Bertz CT molecular complexity index is 267. The molecule has 1 rings (SSSR count). The van der Waals surface area contributed by atoms with Crippen molar-refractivity contribution in [2.24, 2.45) is 11.7 Å². The number of benzene rings is 1. The zero-order valence-electron chi connectivity index (χ0n) is 8.87. The molecule has 4 N–H and O–H groups in total. The van der Waals surface area contributed by atoms with E-state index in [4.69, 9.17) is 11.5 Å². The molecule has 1 aromatic carbocycles. The molecule has 0 radical (unpaired) electrons. The summed E-state index contributed by atoms with van der Waals surface area (Å²) in [5, 5.41) is 0. The van der Waals surface area contributed by atoms with Gasteiger partial charge in [0.15, 0.2) is 0 Å². The van der Waals surface area contributed by atoms with Crippen LogP contribution in [-0.2, 0) is 6.42 Å². The summed E-state index contributed by atoms with van der Waals surface area (Å²) in [5.74, 6) is 0.649. The molecule has 0 aromatic heterocycles. The van der Waals surface area contributed by atoms with E-state index in [1.807, 2.05) is 18.2 Å². The highest BCUT2D eigenvalue weighted by molar-refractivity contribution is 5.40. The molecule has 1 atom stereocenters. The maximum absolute atomic E-state index is 5.71. The molecular formula is C12H20N2. The molecule has 2 nitrogen and oxygen atoms in total. The molecule has 0 aliphatic carbocycles. The lowest BCUT2D eigenvalue weighted by Crippen LogP contribution is -2.14. The third-order valence-electron chi connectivity index (χ3n) is 2.70. The topological polar surface area (TPSA) is 52.0 Å². The summed E-state index contributed by atoms with van der Waals surface area (Å²) in [6, 6.07) is 8.10. The molecule has 1 aromatic rings. The fourth-order valence-electron chi connectivity index (χ4n) is 1.61. The predicted octanol–water partition coefficient (Wildman–Crippen LogP) is 2.19. The summed E-state index contributed by atoms with van der Waals surface area (Å²) in [7, 11) is 0. The van der Waals surface area contributed by atoms with Crippen molar-refractivity contribution in [3.05, 3.63) is 29.8 Å². The summed E-state index contributed by atoms with van der Waals surface area (Å²) in [6.07, 6.45) is 3.41. The molecule has 78 valence electrons. The van der Waals surface area contributed by atoms with Gasteiger partial charge < -0.3 is 11.5 Å². The van der Waals surface area contributed by atoms with E-state index in [0.717, 1.165) is 25.1 Å². The Balaban J connectivity index is 2.44. The number of hydrogen-bond acceptors (Lipinski definition) is 2. The van der Waals surface area contributed by atoms with Gasteiger partial charge in [0.1, 0.15) is 0 Å². The Hall–Kier alpha value is -1.02. The highest BCUT2D eigenvalue weighted by atomic mass is 14.5. The quantitative estimate of drug-likeness (QED) is 0.703. The van der Waals surface area contributed by atoms with Crippen molar-refractivity contribution in [3.8, 4) is 0 Å². The molecule has 0 fully saturated rings. The summed E-state index contributed by atoms with van der Waals surface area (Å²) < 4.78 is 0. The Morgan fingerprint density at radius 1 is 1.36 bits per heavy atom. The molecule has 0 spiro atoms. The van der Waals surface area contributed by atoms with E-state index in [2.05, 4.69) is 13.0 Å². The standard InChI is InChI=1S/C12H20N2/c1-2-10(9-13)6-7-11-4-3-5-12(14)8-11/h3-5,8,10H,2,6-7,9,13-14H2,1H3. The fourth-order valence-corrected chi connectivity index (χ4v) is 1.61. The first-order valence-corrected chi connectivity index (χ1v) is 5.30. The molecule has 0 aliphatic heterocycles. The fraction of sp³-hybridized carbons (Fsp3) is 0.500. The van der Waals surface area contributed by atoms with Gasteiger partial charge in [-0.25, -0.2) is 0 Å². The second-order valence-electron chi connectivity index (χ2n) is 3.79. The average molecular weight is 192 g/mol. The molecule has 2 heteroatoms. The molecule has 0 aliphatic rings. The van der Waals surface area contributed by atoms with Crippen molar-refractivity contribution in [2.75, 3.05) is 12.3 Å². The van der Waals surface area contributed by atoms with Crippen molar-refractivity contribution in [1.82, 2.24) is 0 Å². The van der Waals surface area contributed by atoms with Crippen LogP contribution in [0.25, 0.3) is 0 Å². The number of aryl methyl sites for hydroxylation is 1. The average Bonchev–Trinajstić information content (AvgIpc) is 2.19. The first-order chi connectivity index (χ1) is 6.76. The van der Waals surface area contributed by atoms with E-state index >= 15 is 0 Å². The first-order valence-electron chi connectivity index (χ1n) is 5.30. The molecule has 0 amide bonds. The van der Waals surface area contributed by atoms with Gasteiger partial charge in [-0.05, 0) is 43.0 Å². The van der Waals surface area contributed by atoms with Crippen molar-refractivity contribution in [2.45, 2.75) is 26.2 Å². The van der Waals surface area contributed by atoms with E-state index in [9.17, 15) is 0 Å². The van der Waals surface area contributed by atoms with Crippen LogP contribution < -0.4 is 11.5 Å². The molecule has 0 saturated heterocycles. The minimum Gasteiger partial charge on any atom is -0.399 e. The lowest BCUT2D eigenvalue weighted by atomic mass is 9.97. The van der Waals surface area contributed by atoms with Crippen LogP contribution >= 0.6 is 0 Å². The van der Waals surface area contributed by atoms with Crippen molar-refractivity contribution in [3.63, 3.8) is 0 Å². The molecular weight excluding hydrogens is 172 g/mol. The van der Waals surface area contributed by atoms with Crippen LogP contribution in [0.15, 0.2) is 24.3 Å². The van der Waals surface area contributed by atoms with E-state index < -0.39 is 0 Å². The number of nitrogens with two attached hydrogens (primary N) is 2. The number of rotatable bonds is 5. The highest BCUT2D eigenvalue weighted by Gasteiger charge is 2.03. The van der Waals surface area contributed by atoms with Crippen molar-refractivity contribution >= 4 is 5.69 Å². The van der Waals surface area contributed by atoms with Crippen LogP contribution in [0.5, 0.6) is 0 Å². The molecule has 1 unspecified atom stereocenters. The van der Waals surface area contributed by atoms with Gasteiger partial charge in [0.25, 0.3) is 0 Å². The Morgan fingerprint density at radius 3 is 2.71 bits per heavy atom. The third-order valence-corrected chi connectivity index (χ3v) is 2.70. The van der Waals surface area contributed by atoms with Crippen LogP contribution in [0.3, 0.4) is 0 Å². The molecule has 0 heterocycles. The number of anilines is 1. The summed E-state index contributed by atoms with van der Waals surface area (Å²) in [6.45, 7) is 2.98. The van der Waals surface area contributed by atoms with Gasteiger partial charge in [-0.3, -0.25) is 0 Å². The normalized spacial score (nSPS) is 12.7. The van der Waals surface area contributed by atoms with Crippen LogP contribution in [0.2, 0.25) is 0 Å². The van der Waals surface area contributed by atoms with E-state index in [1.165, 1.54) is 12.0 Å². The van der Waals surface area contributed by atoms with Crippen LogP contribution in [-0.4, -0.2) is 6.54 Å². The van der Waals surface area contributed by atoms with Crippen LogP contribution in [0.1, 0.15) is 25.3 Å². The van der Waals surface area contributed by atoms with E-state index in [-0.39, 0.29) is 0 Å². The van der Waals surface area contributed by atoms with Gasteiger partial charge in [-0.2, -0.15) is 0 Å². The van der Waals surface area contributed by atoms with Gasteiger partial charge in [0, 0.05) is 5.69 Å². The minimum atomic E-state index is 0.649. The van der Waals surface area contributed by atoms with Gasteiger partial charge in [-0.1, -0.05) is 25.5 Å². The van der Waals surface area contributed by atoms with E-state index in [1.54, 1.807) is 0 Å². The number of hydrogen-bond donors (Lipinski definition) is 2. The lowest BCUT2D eigenvalue weighted by molar-refractivity contribution is 0.482. The zero-order chi connectivity index (χ0) is 10.4. The monoisotopic (exact) mass is 192 g/mol. The largest absolute Gasteiger partial charge is 0.399 e. The van der Waals surface area contributed by atoms with Gasteiger partial charge in [0.2, 0.25) is 0 Å². The van der Waals surface area contributed by atoms with Crippen molar-refractivity contribution in [1.29, 1.82) is 0 Å². The highest BCUT2D eigenvalue weighted by Crippen LogP contribution is 2.13. The Labute approximate surface area is 86.3 Å². The molecule has 14 heavy (non-hydrogen) atoms. The molecule has 0 bridgehead atoms. The zero-order valence-corrected chi connectivity index (χ0v) is 8.87. The smallest absolute Gasteiger partial charge is 0.0316 e. The van der Waals surface area contributed by atoms with Gasteiger partial charge in [0.05, 0.1) is 0 Å². The summed E-state index contributed by atoms with van der Waals surface area (Å²) in [5.41, 5.74) is 13.5. The minimum absolute atomic E-state index is 0.649. The Kier molecular flexibility index (Phi) is 4.47. The third kappa shape index (κ3) is 3.38. The number of nitrogen functional groups attached to an aromatic ring is 1. The van der Waals surface area contributed by atoms with E-state index in [0.29, 0.717) is 5.92 Å². The first kappa shape index (κ1) is 11.1. The van der Waals surface area contributed by atoms with Gasteiger partial charge in [-0.15, -0.1) is 0 Å². The maximum Gasteiger partial charge on any atom is 0.0316 e. The summed E-state index contributed by atoms with van der Waals surface area (Å²) in [4.78, 5) is 0. The second kappa shape index (κ2) is 5.66. The maximum atomic E-state index is 5.71. The van der Waals surface area contributed by atoms with Crippen molar-refractivity contribution < 1.29 is 0 Å². The predicted molar refractivity (Wildman–Crippen MR) is 62.0 cm³/mol. The van der Waals surface area contributed by atoms with Crippen LogP contribution in [0, 0.1) is 5.92 Å². The lowest BCUT2D eigenvalue weighted by Gasteiger charge is -2.11. The van der Waals surface area contributed by atoms with Gasteiger partial charge >= 0.3 is 0 Å². The molecule has 0 saturated carbocycles. The SMILES string of the molecule is CCC(CN)CCc1cccc(N)c1. The second-order valence-corrected chi connectivity index (χ2v) is 3.79. The Morgan fingerprint density at radius 2 is 2.14 bits per heavy atom. The summed E-state index contributed by atoms with van der Waals surface area (Å²) >= 11 is 0.